The highest BCUT2D eigenvalue weighted by atomic mass is 16.6. The number of aliphatic hydroxyl groups excluding tert-OH is 2. The molecule has 4 aromatic rings. The smallest absolute Gasteiger partial charge is 0.330 e. The van der Waals surface area contributed by atoms with Gasteiger partial charge in [-0.2, -0.15) is 0 Å². The molecule has 1 saturated heterocycles. The monoisotopic (exact) mass is 615 g/mol. The molecule has 4 atom stereocenters. The van der Waals surface area contributed by atoms with Gasteiger partial charge < -0.3 is 29.2 Å². The van der Waals surface area contributed by atoms with Gasteiger partial charge in [-0.25, -0.2) is 4.79 Å². The minimum atomic E-state index is -1.66. The van der Waals surface area contributed by atoms with Gasteiger partial charge in [0.25, 0.3) is 5.56 Å². The van der Waals surface area contributed by atoms with Crippen LogP contribution in [0.5, 0.6) is 11.5 Å². The van der Waals surface area contributed by atoms with E-state index in [9.17, 15) is 19.8 Å². The van der Waals surface area contributed by atoms with Crippen LogP contribution >= 0.6 is 0 Å². The van der Waals surface area contributed by atoms with Crippen LogP contribution in [0, 0.1) is 0 Å². The van der Waals surface area contributed by atoms with E-state index in [-0.39, 0.29) is 19.6 Å². The van der Waals surface area contributed by atoms with Crippen LogP contribution in [0.2, 0.25) is 0 Å². The summed E-state index contributed by atoms with van der Waals surface area (Å²) < 4.78 is 25.0. The number of H-pyrrole nitrogens is 1. The van der Waals surface area contributed by atoms with Crippen LogP contribution in [0.1, 0.15) is 29.3 Å². The molecule has 0 amide bonds. The number of benzene rings is 3. The topological polar surface area (TPSA) is 181 Å². The Morgan fingerprint density at radius 2 is 1.51 bits per heavy atom. The van der Waals surface area contributed by atoms with Gasteiger partial charge >= 0.3 is 5.69 Å². The number of aromatic amines is 1. The van der Waals surface area contributed by atoms with E-state index in [1.54, 1.807) is 38.5 Å². The first kappa shape index (κ1) is 31.5. The van der Waals surface area contributed by atoms with Crippen molar-refractivity contribution in [2.24, 2.45) is 5.11 Å². The summed E-state index contributed by atoms with van der Waals surface area (Å²) in [6.45, 7) is -0.436. The first-order valence-electron chi connectivity index (χ1n) is 14.1. The molecule has 13 nitrogen and oxygen atoms in total. The molecule has 0 spiro atoms. The van der Waals surface area contributed by atoms with E-state index in [0.717, 1.165) is 16.2 Å². The van der Waals surface area contributed by atoms with Crippen molar-refractivity contribution in [3.05, 3.63) is 139 Å². The fourth-order valence-electron chi connectivity index (χ4n) is 5.68. The number of methoxy groups -OCH3 is 2. The number of nitrogens with one attached hydrogen (secondary N) is 1. The molecule has 0 unspecified atom stereocenters. The van der Waals surface area contributed by atoms with Crippen molar-refractivity contribution in [2.75, 3.05) is 27.4 Å². The molecule has 0 saturated carbocycles. The van der Waals surface area contributed by atoms with Crippen LogP contribution in [0.3, 0.4) is 0 Å². The average Bonchev–Trinajstić information content (AvgIpc) is 3.31. The highest BCUT2D eigenvalue weighted by Gasteiger charge is 2.56. The third-order valence-corrected chi connectivity index (χ3v) is 8.04. The van der Waals surface area contributed by atoms with E-state index in [1.165, 1.54) is 6.20 Å². The lowest BCUT2D eigenvalue weighted by atomic mass is 9.79. The summed E-state index contributed by atoms with van der Waals surface area (Å²) in [5, 5.41) is 26.3. The number of rotatable bonds is 12. The second-order valence-corrected chi connectivity index (χ2v) is 10.5. The normalized spacial score (nSPS) is 21.2. The minimum absolute atomic E-state index is 0.0695. The lowest BCUT2D eigenvalue weighted by molar-refractivity contribution is -0.163. The summed E-state index contributed by atoms with van der Waals surface area (Å²) in [4.78, 5) is 29.3. The summed E-state index contributed by atoms with van der Waals surface area (Å²) in [6, 6.07) is 25.2. The van der Waals surface area contributed by atoms with Crippen LogP contribution in [0.15, 0.2) is 106 Å². The molecule has 0 radical (unpaired) electrons. The minimum Gasteiger partial charge on any atom is -0.497 e. The number of hydrogen-bond acceptors (Lipinski definition) is 9. The van der Waals surface area contributed by atoms with Gasteiger partial charge in [0, 0.05) is 23.7 Å². The summed E-state index contributed by atoms with van der Waals surface area (Å²) in [6.07, 6.45) is -3.46. The Kier molecular flexibility index (Phi) is 9.37. The van der Waals surface area contributed by atoms with Gasteiger partial charge in [-0.3, -0.25) is 14.3 Å². The van der Waals surface area contributed by atoms with Gasteiger partial charge in [-0.05, 0) is 52.9 Å². The first-order valence-corrected chi connectivity index (χ1v) is 14.1. The number of aromatic nitrogens is 2. The summed E-state index contributed by atoms with van der Waals surface area (Å²) in [5.41, 5.74) is 6.75. The zero-order valence-electron chi connectivity index (χ0n) is 24.6. The Morgan fingerprint density at radius 1 is 0.933 bits per heavy atom. The molecule has 1 aromatic heterocycles. The molecule has 2 heterocycles. The summed E-state index contributed by atoms with van der Waals surface area (Å²) in [7, 11) is 3.14. The van der Waals surface area contributed by atoms with E-state index < -0.39 is 40.9 Å². The highest BCUT2D eigenvalue weighted by Crippen LogP contribution is 2.45. The van der Waals surface area contributed by atoms with E-state index in [4.69, 9.17) is 24.5 Å². The molecule has 5 rings (SSSR count). The van der Waals surface area contributed by atoms with E-state index >= 15 is 0 Å². The molecular formula is C32H33N5O8. The number of aliphatic hydroxyl groups is 2. The zero-order valence-corrected chi connectivity index (χ0v) is 24.6. The highest BCUT2D eigenvalue weighted by molar-refractivity contribution is 5.49. The molecule has 45 heavy (non-hydrogen) atoms. The predicted molar refractivity (Wildman–Crippen MR) is 163 cm³/mol. The SMILES string of the molecule is COc1ccc(C(OC[C@@]2(CCN=[N+]=[N-])O[C@@H](n3ccc(=O)[nH]c3=O)[C@H](O)[C@@H]2O)(c2ccccc2)c2ccc(OC)cc2)cc1. The van der Waals surface area contributed by atoms with Crippen molar-refractivity contribution in [2.45, 2.75) is 36.1 Å². The van der Waals surface area contributed by atoms with Crippen molar-refractivity contribution in [1.82, 2.24) is 9.55 Å². The third-order valence-electron chi connectivity index (χ3n) is 8.04. The second kappa shape index (κ2) is 13.4. The van der Waals surface area contributed by atoms with Crippen LogP contribution in [0.4, 0.5) is 0 Å². The average molecular weight is 616 g/mol. The number of hydrogen-bond donors (Lipinski definition) is 3. The lowest BCUT2D eigenvalue weighted by Crippen LogP contribution is -2.50. The van der Waals surface area contributed by atoms with Crippen molar-refractivity contribution in [3.8, 4) is 11.5 Å². The standard InChI is InChI=1S/C32H33N5O8/c1-42-24-12-8-22(9-13-24)32(21-6-4-3-5-7-21,23-10-14-25(43-2)15-11-23)44-20-31(17-18-34-36-33)28(40)27(39)29(45-31)37-19-16-26(38)35-30(37)41/h3-16,19,27-29,39-40H,17-18,20H2,1-2H3,(H,35,38,41)/t27-,28+,29-,31-/m1/s1. The predicted octanol–water partition coefficient (Wildman–Crippen LogP) is 3.25. The van der Waals surface area contributed by atoms with Crippen LogP contribution < -0.4 is 20.7 Å². The fraction of sp³-hybridized carbons (Fsp3) is 0.312. The molecule has 1 aliphatic rings. The number of azide groups is 1. The molecule has 0 bridgehead atoms. The Morgan fingerprint density at radius 3 is 2.04 bits per heavy atom. The Balaban J connectivity index is 1.65. The molecule has 0 aliphatic carbocycles. The lowest BCUT2D eigenvalue weighted by Gasteiger charge is -2.40. The van der Waals surface area contributed by atoms with Crippen LogP contribution in [-0.2, 0) is 15.1 Å². The van der Waals surface area contributed by atoms with E-state index in [1.807, 2.05) is 54.6 Å². The molecule has 3 N–H and O–H groups in total. The fourth-order valence-corrected chi connectivity index (χ4v) is 5.68. The third kappa shape index (κ3) is 6.07. The zero-order chi connectivity index (χ0) is 32.0. The van der Waals surface area contributed by atoms with E-state index in [0.29, 0.717) is 22.6 Å². The van der Waals surface area contributed by atoms with Crippen molar-refractivity contribution in [1.29, 1.82) is 0 Å². The molecule has 1 fully saturated rings. The Hall–Kier alpha value is -4.91. The quantitative estimate of drug-likeness (QED) is 0.0940. The van der Waals surface area contributed by atoms with Crippen molar-refractivity contribution in [3.63, 3.8) is 0 Å². The second-order valence-electron chi connectivity index (χ2n) is 10.5. The molecule has 1 aliphatic heterocycles. The van der Waals surface area contributed by atoms with Crippen LogP contribution in [-0.4, -0.2) is 64.9 Å². The first-order chi connectivity index (χ1) is 21.8. The van der Waals surface area contributed by atoms with Gasteiger partial charge in [0.15, 0.2) is 6.23 Å². The maximum Gasteiger partial charge on any atom is 0.330 e. The Labute approximate surface area is 257 Å². The van der Waals surface area contributed by atoms with E-state index in [2.05, 4.69) is 15.0 Å². The van der Waals surface area contributed by atoms with Gasteiger partial charge in [0.1, 0.15) is 34.9 Å². The maximum atomic E-state index is 12.6. The van der Waals surface area contributed by atoms with Gasteiger partial charge in [-0.1, -0.05) is 59.7 Å². The summed E-state index contributed by atoms with van der Waals surface area (Å²) >= 11 is 0. The van der Waals surface area contributed by atoms with Gasteiger partial charge in [0.2, 0.25) is 0 Å². The van der Waals surface area contributed by atoms with Gasteiger partial charge in [0.05, 0.1) is 20.8 Å². The van der Waals surface area contributed by atoms with Gasteiger partial charge in [-0.15, -0.1) is 0 Å². The van der Waals surface area contributed by atoms with Crippen LogP contribution in [0.25, 0.3) is 10.4 Å². The number of ether oxygens (including phenoxy) is 4. The Bertz CT molecular complexity index is 1710. The maximum absolute atomic E-state index is 12.6. The van der Waals surface area contributed by atoms with Crippen molar-refractivity contribution >= 4 is 0 Å². The molecule has 13 heteroatoms. The number of nitrogens with zero attached hydrogens (tertiary/aromatic N) is 4. The molecule has 234 valence electrons. The summed E-state index contributed by atoms with van der Waals surface area (Å²) in [5.74, 6) is 1.27. The van der Waals surface area contributed by atoms with Crippen molar-refractivity contribution < 1.29 is 29.2 Å². The molecule has 3 aromatic carbocycles. The molecular weight excluding hydrogens is 582 g/mol. The largest absolute Gasteiger partial charge is 0.497 e.